The highest BCUT2D eigenvalue weighted by Crippen LogP contribution is 2.59. The van der Waals surface area contributed by atoms with Crippen molar-refractivity contribution in [3.8, 4) is 0 Å². The van der Waals surface area contributed by atoms with Gasteiger partial charge in [-0.2, -0.15) is 0 Å². The lowest BCUT2D eigenvalue weighted by Crippen LogP contribution is -2.55. The lowest BCUT2D eigenvalue weighted by atomic mass is 9.64. The summed E-state index contributed by atoms with van der Waals surface area (Å²) in [6.07, 6.45) is 16.3. The smallest absolute Gasteiger partial charge is 0.410 e. The maximum absolute atomic E-state index is 14.5. The van der Waals surface area contributed by atoms with Gasteiger partial charge >= 0.3 is 6.09 Å². The maximum Gasteiger partial charge on any atom is 0.410 e. The van der Waals surface area contributed by atoms with Crippen LogP contribution in [0.1, 0.15) is 165 Å². The molecule has 7 heteroatoms. The Hall–Kier alpha value is -2.22. The van der Waals surface area contributed by atoms with E-state index in [1.165, 1.54) is 12.0 Å². The SMILES string of the molecule is CC1=CCCC2(C)C(CCC2(O)CN(CC2CCCO2)C(=O)OC2CC(C)CCC2C(C)C)c2ccc(cc2C(=O)C2CCCCC2)CC(O)CC1. The van der Waals surface area contributed by atoms with Crippen LogP contribution in [0.2, 0.25) is 0 Å². The number of ketones is 1. The Balaban J connectivity index is 1.35. The van der Waals surface area contributed by atoms with Gasteiger partial charge in [0.1, 0.15) is 6.10 Å². The standard InChI is InChI=1S/C45H69NO6/c1-30(2)37-19-16-32(4)25-41(37)52-43(49)46(28-36-14-10-24-51-36)29-45(50)23-21-40-38-20-17-33(27-39(38)42(48)34-12-7-6-8-13-34)26-35(47)18-15-31(3)11-9-22-44(40,45)5/h11,17,20,27,30,32,34-37,40-41,47,50H,6-10,12-16,18-19,21-26,28-29H2,1-5H3. The first-order valence-electron chi connectivity index (χ1n) is 21.2. The van der Waals surface area contributed by atoms with E-state index in [0.717, 1.165) is 100 Å². The fourth-order valence-corrected chi connectivity index (χ4v) is 10.8. The molecule has 1 aromatic rings. The number of carbonyl (C=O) groups excluding carboxylic acids is 2. The van der Waals surface area contributed by atoms with Crippen LogP contribution in [0.3, 0.4) is 0 Å². The molecule has 8 atom stereocenters. The monoisotopic (exact) mass is 720 g/mol. The summed E-state index contributed by atoms with van der Waals surface area (Å²) < 4.78 is 12.6. The summed E-state index contributed by atoms with van der Waals surface area (Å²) in [6, 6.07) is 6.34. The Morgan fingerprint density at radius 2 is 1.81 bits per heavy atom. The fraction of sp³-hybridized carbons (Fsp3) is 0.778. The predicted octanol–water partition coefficient (Wildman–Crippen LogP) is 9.57. The van der Waals surface area contributed by atoms with Crippen molar-refractivity contribution in [2.45, 2.75) is 174 Å². The molecule has 0 radical (unpaired) electrons. The van der Waals surface area contributed by atoms with Crippen LogP contribution in [0.25, 0.3) is 0 Å². The Morgan fingerprint density at radius 1 is 1.02 bits per heavy atom. The third-order valence-corrected chi connectivity index (χ3v) is 14.3. The summed E-state index contributed by atoms with van der Waals surface area (Å²) in [5.41, 5.74) is 2.30. The van der Waals surface area contributed by atoms with Gasteiger partial charge in [-0.25, -0.2) is 4.79 Å². The summed E-state index contributed by atoms with van der Waals surface area (Å²) in [4.78, 5) is 30.6. The summed E-state index contributed by atoms with van der Waals surface area (Å²) in [5.74, 6) is 1.48. The van der Waals surface area contributed by atoms with E-state index in [1.807, 2.05) is 0 Å². The molecule has 2 bridgehead atoms. The molecule has 3 saturated carbocycles. The molecule has 8 unspecified atom stereocenters. The van der Waals surface area contributed by atoms with E-state index in [4.69, 9.17) is 9.47 Å². The van der Waals surface area contributed by atoms with Gasteiger partial charge in [0, 0.05) is 23.5 Å². The molecule has 1 saturated heterocycles. The van der Waals surface area contributed by atoms with Gasteiger partial charge in [-0.05, 0) is 131 Å². The van der Waals surface area contributed by atoms with Gasteiger partial charge in [-0.1, -0.05) is 77.2 Å². The lowest BCUT2D eigenvalue weighted by molar-refractivity contribution is -0.0908. The molecule has 5 aliphatic carbocycles. The Labute approximate surface area is 314 Å². The van der Waals surface area contributed by atoms with Crippen LogP contribution in [0, 0.1) is 29.1 Å². The fourth-order valence-electron chi connectivity index (χ4n) is 10.8. The van der Waals surface area contributed by atoms with E-state index in [-0.39, 0.29) is 42.5 Å². The number of hydrogen-bond donors (Lipinski definition) is 2. The number of hydrogen-bond acceptors (Lipinski definition) is 6. The van der Waals surface area contributed by atoms with E-state index >= 15 is 0 Å². The number of benzene rings is 1. The van der Waals surface area contributed by atoms with Gasteiger partial charge in [0.25, 0.3) is 0 Å². The zero-order valence-electron chi connectivity index (χ0n) is 33.0. The van der Waals surface area contributed by atoms with Crippen LogP contribution in [-0.4, -0.2) is 70.6 Å². The van der Waals surface area contributed by atoms with Gasteiger partial charge in [0.15, 0.2) is 5.78 Å². The second kappa shape index (κ2) is 17.1. The lowest BCUT2D eigenvalue weighted by Gasteiger charge is -2.46. The van der Waals surface area contributed by atoms with Crippen molar-refractivity contribution < 1.29 is 29.3 Å². The first kappa shape index (κ1) is 39.5. The summed E-state index contributed by atoms with van der Waals surface area (Å²) in [6.45, 7) is 12.4. The highest BCUT2D eigenvalue weighted by atomic mass is 16.6. The van der Waals surface area contributed by atoms with Crippen molar-refractivity contribution >= 4 is 11.9 Å². The first-order chi connectivity index (χ1) is 24.9. The van der Waals surface area contributed by atoms with Gasteiger partial charge in [-0.3, -0.25) is 4.79 Å². The van der Waals surface area contributed by atoms with Crippen LogP contribution in [0.15, 0.2) is 29.8 Å². The summed E-state index contributed by atoms with van der Waals surface area (Å²) in [7, 11) is 0. The molecule has 7 rings (SSSR count). The van der Waals surface area contributed by atoms with Gasteiger partial charge in [0.05, 0.1) is 30.9 Å². The minimum absolute atomic E-state index is 0.0255. The van der Waals surface area contributed by atoms with Crippen LogP contribution < -0.4 is 0 Å². The second-order valence-electron chi connectivity index (χ2n) is 18.4. The molecule has 1 amide bonds. The largest absolute Gasteiger partial charge is 0.446 e. The molecule has 52 heavy (non-hydrogen) atoms. The zero-order valence-corrected chi connectivity index (χ0v) is 33.0. The Morgan fingerprint density at radius 3 is 2.54 bits per heavy atom. The highest BCUT2D eigenvalue weighted by molar-refractivity contribution is 5.99. The molecular formula is C45H69NO6. The molecule has 4 fully saturated rings. The third-order valence-electron chi connectivity index (χ3n) is 14.3. The number of amides is 1. The molecule has 7 nitrogen and oxygen atoms in total. The molecular weight excluding hydrogens is 650 g/mol. The molecule has 0 spiro atoms. The van der Waals surface area contributed by atoms with Crippen molar-refractivity contribution in [2.24, 2.45) is 29.1 Å². The van der Waals surface area contributed by atoms with Crippen molar-refractivity contribution in [3.63, 3.8) is 0 Å². The quantitative estimate of drug-likeness (QED) is 0.205. The third kappa shape index (κ3) is 8.84. The average molecular weight is 720 g/mol. The number of ether oxygens (including phenoxy) is 2. The summed E-state index contributed by atoms with van der Waals surface area (Å²) in [5, 5.41) is 24.1. The first-order valence-corrected chi connectivity index (χ1v) is 21.2. The molecule has 1 heterocycles. The molecule has 6 aliphatic rings. The highest BCUT2D eigenvalue weighted by Gasteiger charge is 2.58. The maximum atomic E-state index is 14.5. The summed E-state index contributed by atoms with van der Waals surface area (Å²) >= 11 is 0. The number of carbonyl (C=O) groups is 2. The van der Waals surface area contributed by atoms with E-state index in [1.54, 1.807) is 4.90 Å². The normalized spacial score (nSPS) is 34.8. The van der Waals surface area contributed by atoms with Crippen LogP contribution >= 0.6 is 0 Å². The van der Waals surface area contributed by atoms with Crippen molar-refractivity contribution in [2.75, 3.05) is 19.7 Å². The van der Waals surface area contributed by atoms with Crippen LogP contribution in [0.4, 0.5) is 4.79 Å². The van der Waals surface area contributed by atoms with Crippen molar-refractivity contribution in [1.29, 1.82) is 0 Å². The molecule has 1 aliphatic heterocycles. The Bertz CT molecular complexity index is 1410. The predicted molar refractivity (Wildman–Crippen MR) is 206 cm³/mol. The molecule has 0 aromatic heterocycles. The van der Waals surface area contributed by atoms with Gasteiger partial charge in [-0.15, -0.1) is 0 Å². The van der Waals surface area contributed by atoms with Gasteiger partial charge < -0.3 is 24.6 Å². The second-order valence-corrected chi connectivity index (χ2v) is 18.4. The zero-order chi connectivity index (χ0) is 37.0. The van der Waals surface area contributed by atoms with E-state index < -0.39 is 17.1 Å². The average Bonchev–Trinajstić information content (AvgIpc) is 3.72. The number of aliphatic hydroxyl groups is 2. The Kier molecular flexibility index (Phi) is 13.0. The van der Waals surface area contributed by atoms with E-state index in [9.17, 15) is 19.8 Å². The minimum atomic E-state index is -1.19. The molecule has 290 valence electrons. The van der Waals surface area contributed by atoms with E-state index in [2.05, 4.69) is 58.9 Å². The number of allylic oxidation sites excluding steroid dienone is 2. The number of aliphatic hydroxyl groups excluding tert-OH is 1. The molecule has 2 N–H and O–H groups in total. The van der Waals surface area contributed by atoms with E-state index in [0.29, 0.717) is 50.2 Å². The topological polar surface area (TPSA) is 96.3 Å². The van der Waals surface area contributed by atoms with Crippen LogP contribution in [-0.2, 0) is 15.9 Å². The number of rotatable bonds is 8. The van der Waals surface area contributed by atoms with Gasteiger partial charge in [0.2, 0.25) is 0 Å². The number of fused-ring (bicyclic) bond motifs is 8. The number of Topliss-reactive ketones (excluding diaryl/α,β-unsaturated/α-hetero) is 1. The van der Waals surface area contributed by atoms with Crippen molar-refractivity contribution in [1.82, 2.24) is 4.90 Å². The van der Waals surface area contributed by atoms with Crippen LogP contribution in [0.5, 0.6) is 0 Å². The minimum Gasteiger partial charge on any atom is -0.446 e. The van der Waals surface area contributed by atoms with Crippen molar-refractivity contribution in [3.05, 3.63) is 46.5 Å². The number of nitrogens with zero attached hydrogens (tertiary/aromatic N) is 1. The molecule has 1 aromatic carbocycles.